The molecule has 31 heavy (non-hydrogen) atoms. The summed E-state index contributed by atoms with van der Waals surface area (Å²) in [5.74, 6) is 0.793. The number of nitriles is 1. The largest absolute Gasteiger partial charge is 0.493 e. The number of hydrogen-bond donors (Lipinski definition) is 0. The Bertz CT molecular complexity index is 1090. The molecule has 1 unspecified atom stereocenters. The summed E-state index contributed by atoms with van der Waals surface area (Å²) < 4.78 is 12.3. The lowest BCUT2D eigenvalue weighted by Gasteiger charge is -2.19. The molecule has 3 rings (SSSR count). The number of hydrogen-bond acceptors (Lipinski definition) is 6. The summed E-state index contributed by atoms with van der Waals surface area (Å²) in [6, 6.07) is 12.9. The molecule has 0 saturated carbocycles. The van der Waals surface area contributed by atoms with Gasteiger partial charge >= 0.3 is 0 Å². The number of carbonyl (C=O) groups is 2. The molecule has 0 radical (unpaired) electrons. The molecule has 1 fully saturated rings. The summed E-state index contributed by atoms with van der Waals surface area (Å²) >= 11 is 3.09. The van der Waals surface area contributed by atoms with Crippen LogP contribution >= 0.6 is 34.4 Å². The third-order valence-electron chi connectivity index (χ3n) is 4.91. The maximum absolute atomic E-state index is 12.7. The first kappa shape index (κ1) is 23.2. The van der Waals surface area contributed by atoms with Crippen LogP contribution in [0.5, 0.6) is 11.5 Å². The van der Waals surface area contributed by atoms with Crippen LogP contribution in [0, 0.1) is 14.9 Å². The van der Waals surface area contributed by atoms with Gasteiger partial charge in [-0.3, -0.25) is 14.5 Å². The first-order valence-corrected chi connectivity index (χ1v) is 11.5. The number of amides is 2. The second-order valence-electron chi connectivity index (χ2n) is 6.90. The average Bonchev–Trinajstić information content (AvgIpc) is 3.04. The molecule has 1 aliphatic rings. The minimum atomic E-state index is -0.272. The summed E-state index contributed by atoms with van der Waals surface area (Å²) in [4.78, 5) is 26.6. The smallest absolute Gasteiger partial charge is 0.293 e. The van der Waals surface area contributed by atoms with Crippen LogP contribution in [0.3, 0.4) is 0 Å². The number of nitrogens with zero attached hydrogens (tertiary/aromatic N) is 2. The van der Waals surface area contributed by atoms with Gasteiger partial charge in [-0.1, -0.05) is 25.1 Å². The zero-order valence-electron chi connectivity index (χ0n) is 17.3. The Morgan fingerprint density at radius 1 is 1.29 bits per heavy atom. The van der Waals surface area contributed by atoms with Gasteiger partial charge in [0, 0.05) is 11.6 Å². The molecule has 2 aromatic rings. The molecule has 1 heterocycles. The molecule has 0 aromatic heterocycles. The minimum absolute atomic E-state index is 0.139. The molecular formula is C23H21IN2O4S. The molecule has 1 saturated heterocycles. The molecule has 1 aliphatic heterocycles. The number of methoxy groups -OCH3 is 1. The molecule has 2 amide bonds. The maximum atomic E-state index is 12.7. The van der Waals surface area contributed by atoms with E-state index in [1.807, 2.05) is 38.1 Å². The van der Waals surface area contributed by atoms with Crippen LogP contribution in [0.15, 0.2) is 41.3 Å². The van der Waals surface area contributed by atoms with Gasteiger partial charge in [0.25, 0.3) is 11.1 Å². The van der Waals surface area contributed by atoms with E-state index in [1.54, 1.807) is 25.3 Å². The number of thioether (sulfide) groups is 1. The van der Waals surface area contributed by atoms with Crippen molar-refractivity contribution >= 4 is 51.6 Å². The highest BCUT2D eigenvalue weighted by molar-refractivity contribution is 14.1. The Morgan fingerprint density at radius 2 is 2.03 bits per heavy atom. The molecule has 2 aromatic carbocycles. The molecule has 6 nitrogen and oxygen atoms in total. The van der Waals surface area contributed by atoms with Crippen LogP contribution in [-0.2, 0) is 11.4 Å². The van der Waals surface area contributed by atoms with Crippen molar-refractivity contribution in [3.63, 3.8) is 0 Å². The normalized spacial score (nSPS) is 15.8. The quantitative estimate of drug-likeness (QED) is 0.332. The molecule has 8 heteroatoms. The van der Waals surface area contributed by atoms with Gasteiger partial charge in [0.2, 0.25) is 0 Å². The van der Waals surface area contributed by atoms with E-state index in [9.17, 15) is 14.9 Å². The molecule has 0 aliphatic carbocycles. The van der Waals surface area contributed by atoms with Crippen molar-refractivity contribution in [2.75, 3.05) is 7.11 Å². The Balaban J connectivity index is 1.86. The third-order valence-corrected chi connectivity index (χ3v) is 6.60. The van der Waals surface area contributed by atoms with Gasteiger partial charge in [0.05, 0.1) is 27.2 Å². The van der Waals surface area contributed by atoms with Gasteiger partial charge < -0.3 is 9.47 Å². The lowest BCUT2D eigenvalue weighted by molar-refractivity contribution is -0.124. The Labute approximate surface area is 199 Å². The first-order valence-electron chi connectivity index (χ1n) is 9.65. The summed E-state index contributed by atoms with van der Waals surface area (Å²) in [5, 5.41) is 9.01. The van der Waals surface area contributed by atoms with Crippen molar-refractivity contribution in [1.29, 1.82) is 5.26 Å². The summed E-state index contributed by atoms with van der Waals surface area (Å²) in [6.07, 6.45) is 2.41. The van der Waals surface area contributed by atoms with Crippen LogP contribution in [0.25, 0.3) is 6.08 Å². The van der Waals surface area contributed by atoms with Gasteiger partial charge in [-0.05, 0) is 77.5 Å². The van der Waals surface area contributed by atoms with Crippen molar-refractivity contribution in [2.45, 2.75) is 32.9 Å². The number of imide groups is 1. The van der Waals surface area contributed by atoms with Crippen LogP contribution in [0.4, 0.5) is 4.79 Å². The predicted octanol–water partition coefficient (Wildman–Crippen LogP) is 5.59. The second kappa shape index (κ2) is 10.2. The standard InChI is InChI=1S/C23H21IN2O4S/c1-4-14(2)26-22(27)20(31-23(26)28)11-15-9-18(24)21(19(10-15)29-3)30-13-17-8-6-5-7-16(17)12-25/h5-11,14H,4,13H2,1-3H3/b20-11-. The lowest BCUT2D eigenvalue weighted by Crippen LogP contribution is -2.36. The van der Waals surface area contributed by atoms with Crippen molar-refractivity contribution in [2.24, 2.45) is 0 Å². The molecule has 1 atom stereocenters. The molecule has 0 spiro atoms. The zero-order valence-corrected chi connectivity index (χ0v) is 20.3. The van der Waals surface area contributed by atoms with Gasteiger partial charge in [0.1, 0.15) is 6.61 Å². The van der Waals surface area contributed by atoms with E-state index in [-0.39, 0.29) is 23.8 Å². The van der Waals surface area contributed by atoms with E-state index in [2.05, 4.69) is 28.7 Å². The number of halogens is 1. The van der Waals surface area contributed by atoms with Gasteiger partial charge in [0.15, 0.2) is 11.5 Å². The Kier molecular flexibility index (Phi) is 7.62. The lowest BCUT2D eigenvalue weighted by atomic mass is 10.1. The summed E-state index contributed by atoms with van der Waals surface area (Å²) in [6.45, 7) is 4.03. The zero-order chi connectivity index (χ0) is 22.5. The van der Waals surface area contributed by atoms with E-state index >= 15 is 0 Å². The fourth-order valence-electron chi connectivity index (χ4n) is 3.06. The van der Waals surface area contributed by atoms with Crippen LogP contribution < -0.4 is 9.47 Å². The molecule has 0 N–H and O–H groups in total. The highest BCUT2D eigenvalue weighted by Gasteiger charge is 2.37. The predicted molar refractivity (Wildman–Crippen MR) is 129 cm³/mol. The van der Waals surface area contributed by atoms with Crippen LogP contribution in [0.1, 0.15) is 37.0 Å². The highest BCUT2D eigenvalue weighted by Crippen LogP contribution is 2.38. The molecular weight excluding hydrogens is 527 g/mol. The van der Waals surface area contributed by atoms with E-state index in [0.717, 1.165) is 26.5 Å². The number of benzene rings is 2. The average molecular weight is 548 g/mol. The monoisotopic (exact) mass is 548 g/mol. The van der Waals surface area contributed by atoms with E-state index in [4.69, 9.17) is 9.47 Å². The van der Waals surface area contributed by atoms with Crippen molar-refractivity contribution in [3.05, 3.63) is 61.6 Å². The number of rotatable bonds is 7. The van der Waals surface area contributed by atoms with E-state index < -0.39 is 0 Å². The second-order valence-corrected chi connectivity index (χ2v) is 9.06. The van der Waals surface area contributed by atoms with Gasteiger partial charge in [-0.25, -0.2) is 0 Å². The summed E-state index contributed by atoms with van der Waals surface area (Å²) in [5.41, 5.74) is 2.08. The molecule has 0 bridgehead atoms. The number of ether oxygens (including phenoxy) is 2. The summed E-state index contributed by atoms with van der Waals surface area (Å²) in [7, 11) is 1.54. The first-order chi connectivity index (χ1) is 14.9. The Hall–Kier alpha value is -2.51. The van der Waals surface area contributed by atoms with Gasteiger partial charge in [-0.2, -0.15) is 5.26 Å². The maximum Gasteiger partial charge on any atom is 0.293 e. The fourth-order valence-corrected chi connectivity index (χ4v) is 4.77. The van der Waals surface area contributed by atoms with E-state index in [1.165, 1.54) is 4.90 Å². The fraction of sp³-hybridized carbons (Fsp3) is 0.261. The SMILES string of the molecule is CCC(C)N1C(=O)S/C(=C\c2cc(I)c(OCc3ccccc3C#N)c(OC)c2)C1=O. The van der Waals surface area contributed by atoms with Crippen molar-refractivity contribution < 1.29 is 19.1 Å². The number of carbonyl (C=O) groups excluding carboxylic acids is 2. The minimum Gasteiger partial charge on any atom is -0.493 e. The van der Waals surface area contributed by atoms with Crippen molar-refractivity contribution in [3.8, 4) is 17.6 Å². The Morgan fingerprint density at radius 3 is 2.71 bits per heavy atom. The van der Waals surface area contributed by atoms with Gasteiger partial charge in [-0.15, -0.1) is 0 Å². The van der Waals surface area contributed by atoms with Crippen LogP contribution in [-0.4, -0.2) is 29.2 Å². The van der Waals surface area contributed by atoms with Crippen molar-refractivity contribution in [1.82, 2.24) is 4.90 Å². The van der Waals surface area contributed by atoms with E-state index in [0.29, 0.717) is 28.4 Å². The third kappa shape index (κ3) is 5.05. The topological polar surface area (TPSA) is 79.6 Å². The molecule has 160 valence electrons. The van der Waals surface area contributed by atoms with Crippen LogP contribution in [0.2, 0.25) is 0 Å². The highest BCUT2D eigenvalue weighted by atomic mass is 127.